The minimum Gasteiger partial charge on any atom is -0.463 e. The van der Waals surface area contributed by atoms with Crippen molar-refractivity contribution in [2.75, 3.05) is 39.6 Å². The molecule has 0 aliphatic rings. The standard InChI is InChI=1S/C71H120O16P2/c1-4-7-10-13-16-19-22-25-27-29-30-31-32-33-34-36-38-40-42-45-48-51-54-57-69(74)81-60-66(72)61-83-88(77,78)84-62-67(73)63-85-89(79,80)86-65-68(87-71(76)59-56-53-50-47-44-39-24-21-18-15-12-9-6-3)64-82-70(75)58-55-52-49-46-43-41-37-35-28-26-23-20-17-14-11-8-5-2/h7-8,10-12,15-17,19-21,24-28,30-31,33-34,66-68,72-73H,4-6,9,13-14,18,22-23,29,32,35-65H2,1-3H3,(H,77,78)(H,79,80)/b10-7-,11-8-,15-12-,19-16-,20-17-,24-21-,27-25-,28-26-,31-30-,34-33-. The zero-order chi connectivity index (χ0) is 65.3. The van der Waals surface area contributed by atoms with E-state index in [-0.39, 0.29) is 19.3 Å². The van der Waals surface area contributed by atoms with Crippen LogP contribution in [0.25, 0.3) is 0 Å². The number of hydrogen-bond donors (Lipinski definition) is 4. The van der Waals surface area contributed by atoms with Gasteiger partial charge in [-0.05, 0) is 122 Å². The summed E-state index contributed by atoms with van der Waals surface area (Å²) in [4.78, 5) is 58.3. The highest BCUT2D eigenvalue weighted by Gasteiger charge is 2.29. The van der Waals surface area contributed by atoms with Gasteiger partial charge in [-0.2, -0.15) is 0 Å². The van der Waals surface area contributed by atoms with Crippen LogP contribution in [-0.2, 0) is 55.8 Å². The summed E-state index contributed by atoms with van der Waals surface area (Å²) >= 11 is 0. The van der Waals surface area contributed by atoms with Crippen molar-refractivity contribution < 1.29 is 75.8 Å². The Morgan fingerprint density at radius 1 is 0.326 bits per heavy atom. The molecule has 0 fully saturated rings. The lowest BCUT2D eigenvalue weighted by atomic mass is 10.1. The highest BCUT2D eigenvalue weighted by Crippen LogP contribution is 2.45. The van der Waals surface area contributed by atoms with E-state index in [0.29, 0.717) is 19.3 Å². The molecule has 0 rings (SSSR count). The molecule has 0 bridgehead atoms. The van der Waals surface area contributed by atoms with Crippen molar-refractivity contribution >= 4 is 33.6 Å². The van der Waals surface area contributed by atoms with Crippen molar-refractivity contribution in [2.24, 2.45) is 0 Å². The van der Waals surface area contributed by atoms with Gasteiger partial charge in [0.25, 0.3) is 0 Å². The molecular formula is C71H120O16P2. The molecular weight excluding hydrogens is 1170 g/mol. The fraction of sp³-hybridized carbons (Fsp3) is 0.676. The van der Waals surface area contributed by atoms with Gasteiger partial charge in [0.1, 0.15) is 25.4 Å². The summed E-state index contributed by atoms with van der Waals surface area (Å²) in [6, 6.07) is 0. The van der Waals surface area contributed by atoms with Gasteiger partial charge in [0, 0.05) is 19.3 Å². The van der Waals surface area contributed by atoms with Gasteiger partial charge < -0.3 is 34.2 Å². The molecule has 18 heteroatoms. The van der Waals surface area contributed by atoms with Gasteiger partial charge in [-0.1, -0.05) is 232 Å². The average Bonchev–Trinajstić information content (AvgIpc) is 3.72. The Balaban J connectivity index is 4.61. The summed E-state index contributed by atoms with van der Waals surface area (Å²) in [6.07, 6.45) is 72.5. The predicted molar refractivity (Wildman–Crippen MR) is 362 cm³/mol. The average molecular weight is 1290 g/mol. The first kappa shape index (κ1) is 85.0. The number of carbonyl (C=O) groups excluding carboxylic acids is 3. The topological polar surface area (TPSA) is 231 Å². The molecule has 0 aromatic heterocycles. The molecule has 5 atom stereocenters. The fourth-order valence-corrected chi connectivity index (χ4v) is 10.1. The second kappa shape index (κ2) is 64.1. The van der Waals surface area contributed by atoms with Gasteiger partial charge in [-0.15, -0.1) is 0 Å². The highest BCUT2D eigenvalue weighted by atomic mass is 31.2. The van der Waals surface area contributed by atoms with E-state index in [0.717, 1.165) is 193 Å². The molecule has 16 nitrogen and oxygen atoms in total. The van der Waals surface area contributed by atoms with Gasteiger partial charge in [0.05, 0.1) is 26.4 Å². The summed E-state index contributed by atoms with van der Waals surface area (Å²) in [6.45, 7) is 2.32. The van der Waals surface area contributed by atoms with Crippen LogP contribution in [0, 0.1) is 0 Å². The molecule has 0 aromatic carbocycles. The van der Waals surface area contributed by atoms with E-state index >= 15 is 0 Å². The number of allylic oxidation sites excluding steroid dienone is 20. The number of esters is 3. The third-order valence-corrected chi connectivity index (χ3v) is 15.5. The molecule has 0 aliphatic carbocycles. The van der Waals surface area contributed by atoms with Gasteiger partial charge >= 0.3 is 33.6 Å². The number of unbranched alkanes of at least 4 members (excludes halogenated alkanes) is 20. The molecule has 510 valence electrons. The van der Waals surface area contributed by atoms with Crippen molar-refractivity contribution in [2.45, 2.75) is 270 Å². The van der Waals surface area contributed by atoms with Crippen LogP contribution in [0.15, 0.2) is 122 Å². The molecule has 4 N–H and O–H groups in total. The van der Waals surface area contributed by atoms with Gasteiger partial charge in [-0.3, -0.25) is 32.5 Å². The Morgan fingerprint density at radius 3 is 0.944 bits per heavy atom. The number of carbonyl (C=O) groups is 3. The molecule has 0 radical (unpaired) electrons. The maximum absolute atomic E-state index is 12.9. The van der Waals surface area contributed by atoms with Crippen LogP contribution < -0.4 is 0 Å². The summed E-state index contributed by atoms with van der Waals surface area (Å²) < 4.78 is 60.8. The molecule has 0 saturated carbocycles. The monoisotopic (exact) mass is 1290 g/mol. The number of phosphoric acid groups is 2. The Labute approximate surface area is 538 Å². The molecule has 5 unspecified atom stereocenters. The minimum absolute atomic E-state index is 0.0834. The highest BCUT2D eigenvalue weighted by molar-refractivity contribution is 7.47. The normalized spacial score (nSPS) is 15.0. The van der Waals surface area contributed by atoms with Gasteiger partial charge in [0.15, 0.2) is 6.10 Å². The lowest BCUT2D eigenvalue weighted by Gasteiger charge is -2.21. The SMILES string of the molecule is CC/C=C\C/C=C\C/C=C\C/C=C\C/C=C\CCCCCCCCCC(=O)OCC(O)COP(=O)(O)OCC(O)COP(=O)(O)OCC(COC(=O)CCCCCCCCC/C=C\C/C=C\C/C=C\CC)OC(=O)CCCCCCC/C=C\C/C=C\CCC. The van der Waals surface area contributed by atoms with E-state index in [4.69, 9.17) is 32.3 Å². The zero-order valence-electron chi connectivity index (χ0n) is 55.1. The van der Waals surface area contributed by atoms with Crippen LogP contribution in [0.3, 0.4) is 0 Å². The van der Waals surface area contributed by atoms with E-state index in [1.165, 1.54) is 0 Å². The largest absolute Gasteiger partial charge is 0.472 e. The number of hydrogen-bond acceptors (Lipinski definition) is 14. The minimum atomic E-state index is -4.93. The van der Waals surface area contributed by atoms with Crippen molar-refractivity contribution in [1.82, 2.24) is 0 Å². The van der Waals surface area contributed by atoms with Crippen LogP contribution in [0.1, 0.15) is 252 Å². The summed E-state index contributed by atoms with van der Waals surface area (Å²) in [5.74, 6) is -1.62. The molecule has 0 aliphatic heterocycles. The van der Waals surface area contributed by atoms with Crippen LogP contribution in [-0.4, -0.2) is 95.9 Å². The number of ether oxygens (including phenoxy) is 3. The maximum atomic E-state index is 12.9. The molecule has 0 heterocycles. The number of aliphatic hydroxyl groups is 2. The molecule has 0 spiro atoms. The lowest BCUT2D eigenvalue weighted by molar-refractivity contribution is -0.161. The first-order valence-electron chi connectivity index (χ1n) is 33.8. The predicted octanol–water partition coefficient (Wildman–Crippen LogP) is 18.6. The van der Waals surface area contributed by atoms with Gasteiger partial charge in [0.2, 0.25) is 0 Å². The van der Waals surface area contributed by atoms with Crippen LogP contribution in [0.4, 0.5) is 0 Å². The first-order valence-corrected chi connectivity index (χ1v) is 36.8. The van der Waals surface area contributed by atoms with Crippen molar-refractivity contribution in [3.05, 3.63) is 122 Å². The number of phosphoric ester groups is 2. The maximum Gasteiger partial charge on any atom is 0.472 e. The van der Waals surface area contributed by atoms with E-state index in [9.17, 15) is 43.5 Å². The number of rotatable bonds is 63. The Morgan fingerprint density at radius 2 is 0.596 bits per heavy atom. The first-order chi connectivity index (χ1) is 43.2. The van der Waals surface area contributed by atoms with Gasteiger partial charge in [-0.25, -0.2) is 9.13 Å². The summed E-state index contributed by atoms with van der Waals surface area (Å²) in [5, 5.41) is 20.5. The Kier molecular flexibility index (Phi) is 61.2. The summed E-state index contributed by atoms with van der Waals surface area (Å²) in [7, 11) is -9.79. The third-order valence-electron chi connectivity index (χ3n) is 13.6. The second-order valence-corrected chi connectivity index (χ2v) is 25.1. The van der Waals surface area contributed by atoms with E-state index in [1.54, 1.807) is 0 Å². The molecule has 0 aromatic rings. The molecule has 0 saturated heterocycles. The van der Waals surface area contributed by atoms with Crippen LogP contribution in [0.2, 0.25) is 0 Å². The van der Waals surface area contributed by atoms with Crippen molar-refractivity contribution in [3.8, 4) is 0 Å². The van der Waals surface area contributed by atoms with E-state index < -0.39 is 91.5 Å². The smallest absolute Gasteiger partial charge is 0.463 e. The van der Waals surface area contributed by atoms with Crippen LogP contribution >= 0.6 is 15.6 Å². The third kappa shape index (κ3) is 65.3. The van der Waals surface area contributed by atoms with Crippen LogP contribution in [0.5, 0.6) is 0 Å². The fourth-order valence-electron chi connectivity index (χ4n) is 8.53. The Hall–Kier alpha value is -4.05. The zero-order valence-corrected chi connectivity index (χ0v) is 56.8. The Bertz CT molecular complexity index is 2110. The van der Waals surface area contributed by atoms with Crippen molar-refractivity contribution in [3.63, 3.8) is 0 Å². The second-order valence-electron chi connectivity index (χ2n) is 22.2. The van der Waals surface area contributed by atoms with E-state index in [1.807, 2.05) is 0 Å². The van der Waals surface area contributed by atoms with E-state index in [2.05, 4.69) is 142 Å². The lowest BCUT2D eigenvalue weighted by Crippen LogP contribution is -2.30. The molecule has 89 heavy (non-hydrogen) atoms. The van der Waals surface area contributed by atoms with Crippen molar-refractivity contribution in [1.29, 1.82) is 0 Å². The summed E-state index contributed by atoms with van der Waals surface area (Å²) in [5.41, 5.74) is 0. The molecule has 0 amide bonds. The number of aliphatic hydroxyl groups excluding tert-OH is 2. The quantitative estimate of drug-likeness (QED) is 0.0146.